The molecule has 0 spiro atoms. The summed E-state index contributed by atoms with van der Waals surface area (Å²) in [6.07, 6.45) is 0. The van der Waals surface area contributed by atoms with Crippen LogP contribution < -0.4 is 5.73 Å². The molecular formula is C19H22N4O3S. The Hall–Kier alpha value is -2.71. The van der Waals surface area contributed by atoms with Gasteiger partial charge in [0.15, 0.2) is 0 Å². The monoisotopic (exact) mass is 386 g/mol. The molecule has 2 aromatic rings. The highest BCUT2D eigenvalue weighted by Crippen LogP contribution is 2.19. The van der Waals surface area contributed by atoms with E-state index in [-0.39, 0.29) is 29.7 Å². The molecule has 0 unspecified atom stereocenters. The van der Waals surface area contributed by atoms with Gasteiger partial charge in [0.05, 0.1) is 4.90 Å². The van der Waals surface area contributed by atoms with E-state index in [9.17, 15) is 13.2 Å². The first-order chi connectivity index (χ1) is 12.8. The lowest BCUT2D eigenvalue weighted by atomic mass is 10.1. The van der Waals surface area contributed by atoms with Gasteiger partial charge in [0.2, 0.25) is 10.0 Å². The van der Waals surface area contributed by atoms with E-state index in [1.54, 1.807) is 47.4 Å². The fraction of sp³-hybridized carbons (Fsp3) is 0.263. The summed E-state index contributed by atoms with van der Waals surface area (Å²) in [6, 6.07) is 13.4. The quantitative estimate of drug-likeness (QED) is 0.612. The summed E-state index contributed by atoms with van der Waals surface area (Å²) >= 11 is 0. The van der Waals surface area contributed by atoms with Gasteiger partial charge in [0.1, 0.15) is 5.84 Å². The summed E-state index contributed by atoms with van der Waals surface area (Å²) in [4.78, 5) is 14.5. The van der Waals surface area contributed by atoms with E-state index >= 15 is 0 Å². The van der Waals surface area contributed by atoms with E-state index in [2.05, 4.69) is 0 Å². The lowest BCUT2D eigenvalue weighted by molar-refractivity contribution is 0.0698. The number of nitrogens with zero attached hydrogens (tertiary/aromatic N) is 2. The molecule has 1 amide bonds. The summed E-state index contributed by atoms with van der Waals surface area (Å²) in [5.41, 5.74) is 7.36. The first kappa shape index (κ1) is 19.1. The molecule has 0 atom stereocenters. The van der Waals surface area contributed by atoms with Crippen LogP contribution >= 0.6 is 0 Å². The lowest BCUT2D eigenvalue weighted by Gasteiger charge is -2.34. The molecule has 1 fully saturated rings. The molecule has 1 heterocycles. The third-order valence-corrected chi connectivity index (χ3v) is 6.49. The molecule has 8 heteroatoms. The molecule has 2 aromatic carbocycles. The van der Waals surface area contributed by atoms with Gasteiger partial charge in [-0.15, -0.1) is 0 Å². The van der Waals surface area contributed by atoms with E-state index in [0.717, 1.165) is 5.56 Å². The van der Waals surface area contributed by atoms with Crippen molar-refractivity contribution < 1.29 is 13.2 Å². The molecule has 0 radical (unpaired) electrons. The van der Waals surface area contributed by atoms with Gasteiger partial charge in [-0.05, 0) is 36.8 Å². The van der Waals surface area contributed by atoms with Crippen LogP contribution in [-0.2, 0) is 10.0 Å². The summed E-state index contributed by atoms with van der Waals surface area (Å²) in [7, 11) is -3.56. The zero-order chi connectivity index (χ0) is 19.6. The molecule has 1 saturated heterocycles. The Balaban J connectivity index is 1.67. The minimum atomic E-state index is -3.56. The smallest absolute Gasteiger partial charge is 0.253 e. The predicted octanol–water partition coefficient (Wildman–Crippen LogP) is 1.43. The van der Waals surface area contributed by atoms with Crippen LogP contribution in [0.25, 0.3) is 0 Å². The van der Waals surface area contributed by atoms with Crippen LogP contribution in [0, 0.1) is 12.3 Å². The highest BCUT2D eigenvalue weighted by molar-refractivity contribution is 7.89. The molecule has 0 saturated carbocycles. The maximum absolute atomic E-state index is 12.8. The van der Waals surface area contributed by atoms with E-state index in [1.807, 2.05) is 13.0 Å². The van der Waals surface area contributed by atoms with Crippen molar-refractivity contribution in [2.75, 3.05) is 26.2 Å². The summed E-state index contributed by atoms with van der Waals surface area (Å²) in [6.45, 7) is 3.03. The zero-order valence-corrected chi connectivity index (χ0v) is 15.9. The van der Waals surface area contributed by atoms with Crippen molar-refractivity contribution >= 4 is 21.8 Å². The highest BCUT2D eigenvalue weighted by atomic mass is 32.2. The number of hydrogen-bond acceptors (Lipinski definition) is 4. The number of nitrogen functional groups attached to an aromatic ring is 1. The van der Waals surface area contributed by atoms with Crippen LogP contribution in [0.1, 0.15) is 21.5 Å². The molecule has 3 rings (SSSR count). The number of amidine groups is 1. The van der Waals surface area contributed by atoms with Crippen LogP contribution in [0.4, 0.5) is 0 Å². The first-order valence-corrected chi connectivity index (χ1v) is 10.0. The number of aryl methyl sites for hydroxylation is 1. The second kappa shape index (κ2) is 7.50. The average molecular weight is 386 g/mol. The second-order valence-electron chi connectivity index (χ2n) is 6.50. The molecule has 27 heavy (non-hydrogen) atoms. The lowest BCUT2D eigenvalue weighted by Crippen LogP contribution is -2.50. The van der Waals surface area contributed by atoms with Gasteiger partial charge in [-0.3, -0.25) is 10.2 Å². The molecule has 1 aliphatic heterocycles. The minimum Gasteiger partial charge on any atom is -0.384 e. The number of piperazine rings is 1. The average Bonchev–Trinajstić information content (AvgIpc) is 2.67. The number of benzene rings is 2. The van der Waals surface area contributed by atoms with E-state index in [0.29, 0.717) is 24.2 Å². The van der Waals surface area contributed by atoms with Crippen molar-refractivity contribution in [2.45, 2.75) is 11.8 Å². The molecule has 0 aromatic heterocycles. The van der Waals surface area contributed by atoms with Gasteiger partial charge in [-0.25, -0.2) is 8.42 Å². The second-order valence-corrected chi connectivity index (χ2v) is 8.44. The van der Waals surface area contributed by atoms with E-state index < -0.39 is 10.0 Å². The Morgan fingerprint density at radius 3 is 2.15 bits per heavy atom. The molecule has 0 bridgehead atoms. The first-order valence-electron chi connectivity index (χ1n) is 8.59. The number of hydrogen-bond donors (Lipinski definition) is 2. The number of rotatable bonds is 4. The maximum Gasteiger partial charge on any atom is 0.253 e. The van der Waals surface area contributed by atoms with Crippen LogP contribution in [-0.4, -0.2) is 55.5 Å². The van der Waals surface area contributed by atoms with Crippen molar-refractivity contribution in [2.24, 2.45) is 5.73 Å². The fourth-order valence-electron chi connectivity index (χ4n) is 3.03. The SMILES string of the molecule is Cc1cccc(S(=O)(=O)N2CCN(C(=O)c3ccc(C(=N)N)cc3)CC2)c1. The number of nitrogens with two attached hydrogens (primary N) is 1. The third-order valence-electron chi connectivity index (χ3n) is 4.60. The standard InChI is InChI=1S/C19H22N4O3S/c1-14-3-2-4-17(13-14)27(25,26)23-11-9-22(10-12-23)19(24)16-7-5-15(6-8-16)18(20)21/h2-8,13H,9-12H2,1H3,(H3,20,21). The molecule has 7 nitrogen and oxygen atoms in total. The number of sulfonamides is 1. The van der Waals surface area contributed by atoms with E-state index in [4.69, 9.17) is 11.1 Å². The van der Waals surface area contributed by atoms with Gasteiger partial charge in [0, 0.05) is 37.3 Å². The summed E-state index contributed by atoms with van der Waals surface area (Å²) in [5, 5.41) is 7.39. The van der Waals surface area contributed by atoms with Crippen LogP contribution in [0.3, 0.4) is 0 Å². The van der Waals surface area contributed by atoms with Crippen LogP contribution in [0.5, 0.6) is 0 Å². The normalized spacial score (nSPS) is 15.5. The molecule has 0 aliphatic carbocycles. The largest absolute Gasteiger partial charge is 0.384 e. The van der Waals surface area contributed by atoms with Gasteiger partial charge in [-0.1, -0.05) is 24.3 Å². The molecule has 1 aliphatic rings. The molecule has 3 N–H and O–H groups in total. The highest BCUT2D eigenvalue weighted by Gasteiger charge is 2.30. The van der Waals surface area contributed by atoms with Crippen molar-refractivity contribution in [3.63, 3.8) is 0 Å². The summed E-state index contributed by atoms with van der Waals surface area (Å²) in [5.74, 6) is -0.207. The number of nitrogens with one attached hydrogen (secondary N) is 1. The maximum atomic E-state index is 12.8. The Kier molecular flexibility index (Phi) is 5.29. The van der Waals surface area contributed by atoms with Crippen LogP contribution in [0.15, 0.2) is 53.4 Å². The number of amides is 1. The van der Waals surface area contributed by atoms with Crippen molar-refractivity contribution in [1.29, 1.82) is 5.41 Å². The molecular weight excluding hydrogens is 364 g/mol. The van der Waals surface area contributed by atoms with Gasteiger partial charge in [0.25, 0.3) is 5.91 Å². The van der Waals surface area contributed by atoms with Gasteiger partial charge < -0.3 is 10.6 Å². The van der Waals surface area contributed by atoms with Crippen LogP contribution in [0.2, 0.25) is 0 Å². The summed E-state index contributed by atoms with van der Waals surface area (Å²) < 4.78 is 27.0. The Bertz CT molecular complexity index is 963. The van der Waals surface area contributed by atoms with Crippen molar-refractivity contribution in [1.82, 2.24) is 9.21 Å². The topological polar surface area (TPSA) is 108 Å². The predicted molar refractivity (Wildman–Crippen MR) is 103 cm³/mol. The van der Waals surface area contributed by atoms with Crippen molar-refractivity contribution in [3.05, 3.63) is 65.2 Å². The number of carbonyl (C=O) groups excluding carboxylic acids is 1. The Morgan fingerprint density at radius 2 is 1.59 bits per heavy atom. The Morgan fingerprint density at radius 1 is 1.00 bits per heavy atom. The molecule has 142 valence electrons. The van der Waals surface area contributed by atoms with Gasteiger partial charge >= 0.3 is 0 Å². The third kappa shape index (κ3) is 4.01. The fourth-order valence-corrected chi connectivity index (χ4v) is 4.56. The minimum absolute atomic E-state index is 0.0519. The zero-order valence-electron chi connectivity index (χ0n) is 15.1. The Labute approximate surface area is 159 Å². The van der Waals surface area contributed by atoms with Gasteiger partial charge in [-0.2, -0.15) is 4.31 Å². The van der Waals surface area contributed by atoms with Crippen molar-refractivity contribution in [3.8, 4) is 0 Å². The van der Waals surface area contributed by atoms with E-state index in [1.165, 1.54) is 4.31 Å². The number of carbonyl (C=O) groups is 1.